The molecule has 0 saturated carbocycles. The van der Waals surface area contributed by atoms with E-state index in [1.54, 1.807) is 6.08 Å². The molecule has 6 nitrogen and oxygen atoms in total. The predicted octanol–water partition coefficient (Wildman–Crippen LogP) is 1.97. The third-order valence-electron chi connectivity index (χ3n) is 3.35. The summed E-state index contributed by atoms with van der Waals surface area (Å²) < 4.78 is 7.06. The third kappa shape index (κ3) is 4.71. The molecule has 0 aliphatic heterocycles. The van der Waals surface area contributed by atoms with Crippen LogP contribution in [0.25, 0.3) is 6.08 Å². The standard InChI is InChI=1S/C16H24N4O2/c1-5-20-13(4)15(12(3)19-20)10-14(11-17)16(21)18-8-7-9-22-6-2/h10H,5-9H2,1-4H3,(H,18,21)/b14-10-. The molecule has 0 spiro atoms. The molecule has 0 aliphatic rings. The van der Waals surface area contributed by atoms with Gasteiger partial charge in [-0.2, -0.15) is 10.4 Å². The van der Waals surface area contributed by atoms with Crippen LogP contribution < -0.4 is 5.32 Å². The molecule has 0 atom stereocenters. The molecule has 1 amide bonds. The van der Waals surface area contributed by atoms with Gasteiger partial charge in [0.1, 0.15) is 11.6 Å². The van der Waals surface area contributed by atoms with Crippen LogP contribution in [0.2, 0.25) is 0 Å². The molecule has 1 N–H and O–H groups in total. The first-order valence-electron chi connectivity index (χ1n) is 7.56. The van der Waals surface area contributed by atoms with Crippen molar-refractivity contribution in [2.24, 2.45) is 0 Å². The maximum atomic E-state index is 12.0. The summed E-state index contributed by atoms with van der Waals surface area (Å²) in [5, 5.41) is 16.3. The van der Waals surface area contributed by atoms with Crippen molar-refractivity contribution in [1.29, 1.82) is 5.26 Å². The molecule has 0 aromatic carbocycles. The minimum Gasteiger partial charge on any atom is -0.382 e. The first kappa shape index (κ1) is 17.9. The van der Waals surface area contributed by atoms with Gasteiger partial charge in [0.15, 0.2) is 0 Å². The highest BCUT2D eigenvalue weighted by atomic mass is 16.5. The molecule has 0 bridgehead atoms. The quantitative estimate of drug-likeness (QED) is 0.452. The van der Waals surface area contributed by atoms with Crippen molar-refractivity contribution in [2.75, 3.05) is 19.8 Å². The number of hydrogen-bond acceptors (Lipinski definition) is 4. The first-order valence-corrected chi connectivity index (χ1v) is 7.56. The van der Waals surface area contributed by atoms with Crippen LogP contribution in [0.15, 0.2) is 5.57 Å². The lowest BCUT2D eigenvalue weighted by molar-refractivity contribution is -0.117. The van der Waals surface area contributed by atoms with Gasteiger partial charge < -0.3 is 10.1 Å². The summed E-state index contributed by atoms with van der Waals surface area (Å²) in [7, 11) is 0. The molecule has 0 radical (unpaired) electrons. The average molecular weight is 304 g/mol. The monoisotopic (exact) mass is 304 g/mol. The molecule has 1 aromatic rings. The van der Waals surface area contributed by atoms with Gasteiger partial charge in [-0.15, -0.1) is 0 Å². The summed E-state index contributed by atoms with van der Waals surface area (Å²) in [6.07, 6.45) is 2.34. The van der Waals surface area contributed by atoms with Crippen LogP contribution in [0.5, 0.6) is 0 Å². The lowest BCUT2D eigenvalue weighted by Gasteiger charge is -2.05. The van der Waals surface area contributed by atoms with E-state index >= 15 is 0 Å². The van der Waals surface area contributed by atoms with Crippen LogP contribution in [0, 0.1) is 25.2 Å². The SMILES string of the molecule is CCOCCCNC(=O)/C(C#N)=C\c1c(C)nn(CC)c1C. The van der Waals surface area contributed by atoms with Gasteiger partial charge in [0.2, 0.25) is 0 Å². The fourth-order valence-electron chi connectivity index (χ4n) is 2.14. The van der Waals surface area contributed by atoms with E-state index in [-0.39, 0.29) is 11.5 Å². The normalized spacial score (nSPS) is 11.3. The fourth-order valence-corrected chi connectivity index (χ4v) is 2.14. The summed E-state index contributed by atoms with van der Waals surface area (Å²) in [5.41, 5.74) is 2.70. The Kier molecular flexibility index (Phi) is 7.33. The molecule has 0 unspecified atom stereocenters. The van der Waals surface area contributed by atoms with Gasteiger partial charge in [-0.05, 0) is 40.2 Å². The number of carbonyl (C=O) groups is 1. The van der Waals surface area contributed by atoms with Crippen molar-refractivity contribution in [3.8, 4) is 6.07 Å². The first-order chi connectivity index (χ1) is 10.5. The number of aryl methyl sites for hydroxylation is 2. The highest BCUT2D eigenvalue weighted by molar-refractivity contribution is 6.01. The Balaban J connectivity index is 2.77. The molecule has 0 fully saturated rings. The van der Waals surface area contributed by atoms with E-state index in [1.807, 2.05) is 38.4 Å². The van der Waals surface area contributed by atoms with Gasteiger partial charge in [-0.1, -0.05) is 0 Å². The highest BCUT2D eigenvalue weighted by Crippen LogP contribution is 2.16. The van der Waals surface area contributed by atoms with E-state index in [4.69, 9.17) is 4.74 Å². The smallest absolute Gasteiger partial charge is 0.261 e. The number of nitrogens with one attached hydrogen (secondary N) is 1. The van der Waals surface area contributed by atoms with Gasteiger partial charge in [0, 0.05) is 37.6 Å². The fraction of sp³-hybridized carbons (Fsp3) is 0.562. The largest absolute Gasteiger partial charge is 0.382 e. The van der Waals surface area contributed by atoms with Crippen molar-refractivity contribution in [2.45, 2.75) is 40.7 Å². The Morgan fingerprint density at radius 1 is 1.45 bits per heavy atom. The van der Waals surface area contributed by atoms with E-state index in [9.17, 15) is 10.1 Å². The Labute approximate surface area is 131 Å². The second-order valence-corrected chi connectivity index (χ2v) is 4.88. The zero-order valence-corrected chi connectivity index (χ0v) is 13.8. The number of hydrogen-bond donors (Lipinski definition) is 1. The summed E-state index contributed by atoms with van der Waals surface area (Å²) in [6.45, 7) is 10.3. The second-order valence-electron chi connectivity index (χ2n) is 4.88. The summed E-state index contributed by atoms with van der Waals surface area (Å²) >= 11 is 0. The van der Waals surface area contributed by atoms with Crippen LogP contribution in [0.1, 0.15) is 37.2 Å². The molecule has 1 aromatic heterocycles. The summed E-state index contributed by atoms with van der Waals surface area (Å²) in [5.74, 6) is -0.359. The molecule has 120 valence electrons. The topological polar surface area (TPSA) is 79.9 Å². The predicted molar refractivity (Wildman–Crippen MR) is 85.1 cm³/mol. The maximum absolute atomic E-state index is 12.0. The van der Waals surface area contributed by atoms with Gasteiger partial charge in [0.05, 0.1) is 5.69 Å². The second kappa shape index (κ2) is 9.00. The zero-order chi connectivity index (χ0) is 16.5. The minimum absolute atomic E-state index is 0.0956. The number of amides is 1. The number of rotatable bonds is 8. The van der Waals surface area contributed by atoms with E-state index in [0.717, 1.165) is 29.9 Å². The van der Waals surface area contributed by atoms with Crippen LogP contribution in [-0.2, 0) is 16.1 Å². The van der Waals surface area contributed by atoms with Gasteiger partial charge in [-0.25, -0.2) is 0 Å². The van der Waals surface area contributed by atoms with Crippen molar-refractivity contribution in [3.63, 3.8) is 0 Å². The van der Waals surface area contributed by atoms with Crippen LogP contribution in [0.4, 0.5) is 0 Å². The van der Waals surface area contributed by atoms with Crippen LogP contribution in [-0.4, -0.2) is 35.4 Å². The average Bonchev–Trinajstić information content (AvgIpc) is 2.78. The number of nitriles is 1. The Morgan fingerprint density at radius 2 is 2.18 bits per heavy atom. The molecule has 0 aliphatic carbocycles. The molecular weight excluding hydrogens is 280 g/mol. The lowest BCUT2D eigenvalue weighted by atomic mass is 10.1. The Morgan fingerprint density at radius 3 is 2.73 bits per heavy atom. The highest BCUT2D eigenvalue weighted by Gasteiger charge is 2.13. The molecule has 22 heavy (non-hydrogen) atoms. The van der Waals surface area contributed by atoms with Crippen molar-refractivity contribution in [3.05, 3.63) is 22.5 Å². The third-order valence-corrected chi connectivity index (χ3v) is 3.35. The zero-order valence-electron chi connectivity index (χ0n) is 13.8. The summed E-state index contributed by atoms with van der Waals surface area (Å²) in [6, 6.07) is 1.96. The molecule has 6 heteroatoms. The number of nitrogens with zero attached hydrogens (tertiary/aromatic N) is 3. The van der Waals surface area contributed by atoms with Gasteiger partial charge in [0.25, 0.3) is 5.91 Å². The number of aromatic nitrogens is 2. The summed E-state index contributed by atoms with van der Waals surface area (Å²) in [4.78, 5) is 12.0. The molecule has 1 heterocycles. The Bertz CT molecular complexity index is 582. The van der Waals surface area contributed by atoms with E-state index < -0.39 is 0 Å². The van der Waals surface area contributed by atoms with Crippen molar-refractivity contribution < 1.29 is 9.53 Å². The molecular formula is C16H24N4O2. The number of ether oxygens (including phenoxy) is 1. The Hall–Kier alpha value is -2.13. The molecule has 1 rings (SSSR count). The number of carbonyl (C=O) groups excluding carboxylic acids is 1. The lowest BCUT2D eigenvalue weighted by Crippen LogP contribution is -2.26. The van der Waals surface area contributed by atoms with Crippen LogP contribution in [0.3, 0.4) is 0 Å². The van der Waals surface area contributed by atoms with Crippen molar-refractivity contribution in [1.82, 2.24) is 15.1 Å². The molecule has 0 saturated heterocycles. The van der Waals surface area contributed by atoms with E-state index in [1.165, 1.54) is 0 Å². The van der Waals surface area contributed by atoms with E-state index in [2.05, 4.69) is 10.4 Å². The van der Waals surface area contributed by atoms with Crippen LogP contribution >= 0.6 is 0 Å². The minimum atomic E-state index is -0.359. The maximum Gasteiger partial charge on any atom is 0.261 e. The van der Waals surface area contributed by atoms with Crippen molar-refractivity contribution >= 4 is 12.0 Å². The van der Waals surface area contributed by atoms with Gasteiger partial charge in [-0.3, -0.25) is 9.48 Å². The van der Waals surface area contributed by atoms with E-state index in [0.29, 0.717) is 19.8 Å². The van der Waals surface area contributed by atoms with Gasteiger partial charge >= 0.3 is 0 Å².